The molecule has 3 aromatic rings. The molecule has 0 aliphatic rings. The number of anilines is 1. The number of nitrogens with zero attached hydrogens (tertiary/aromatic N) is 1. The van der Waals surface area contributed by atoms with Crippen molar-refractivity contribution in [3.63, 3.8) is 0 Å². The first kappa shape index (κ1) is 17.3. The third-order valence-electron chi connectivity index (χ3n) is 4.31. The molecular formula is C19H18N2O5. The highest BCUT2D eigenvalue weighted by Crippen LogP contribution is 2.30. The predicted molar refractivity (Wildman–Crippen MR) is 96.5 cm³/mol. The molecule has 0 aliphatic carbocycles. The van der Waals surface area contributed by atoms with Crippen LogP contribution in [0.15, 0.2) is 36.5 Å². The Morgan fingerprint density at radius 2 is 1.85 bits per heavy atom. The molecule has 7 nitrogen and oxygen atoms in total. The summed E-state index contributed by atoms with van der Waals surface area (Å²) in [5.74, 6) is -0.559. The van der Waals surface area contributed by atoms with Gasteiger partial charge in [-0.3, -0.25) is 4.79 Å². The van der Waals surface area contributed by atoms with Crippen molar-refractivity contribution in [3.8, 4) is 11.5 Å². The molecule has 0 aliphatic heterocycles. The normalized spacial score (nSPS) is 10.7. The Kier molecular flexibility index (Phi) is 4.29. The molecule has 2 aromatic heterocycles. The van der Waals surface area contributed by atoms with Gasteiger partial charge in [0.2, 0.25) is 0 Å². The molecule has 3 rings (SSSR count). The largest absolute Gasteiger partial charge is 0.495 e. The van der Waals surface area contributed by atoms with Gasteiger partial charge < -0.3 is 24.7 Å². The number of nitrogens with two attached hydrogens (primary N) is 1. The lowest BCUT2D eigenvalue weighted by molar-refractivity contribution is 0.0688. The van der Waals surface area contributed by atoms with Gasteiger partial charge in [-0.05, 0) is 42.8 Å². The van der Waals surface area contributed by atoms with Crippen molar-refractivity contribution < 1.29 is 24.2 Å². The average molecular weight is 354 g/mol. The minimum Gasteiger partial charge on any atom is -0.495 e. The zero-order chi connectivity index (χ0) is 19.0. The van der Waals surface area contributed by atoms with Crippen molar-refractivity contribution in [3.05, 3.63) is 58.9 Å². The Labute approximate surface area is 149 Å². The van der Waals surface area contributed by atoms with Crippen LogP contribution in [0, 0.1) is 6.92 Å². The first-order valence-electron chi connectivity index (χ1n) is 7.79. The fourth-order valence-corrected chi connectivity index (χ4v) is 3.03. The first-order chi connectivity index (χ1) is 12.4. The zero-order valence-electron chi connectivity index (χ0n) is 14.6. The van der Waals surface area contributed by atoms with Crippen molar-refractivity contribution >= 4 is 23.0 Å². The first-order valence-corrected chi connectivity index (χ1v) is 7.79. The van der Waals surface area contributed by atoms with Gasteiger partial charge in [-0.1, -0.05) is 0 Å². The van der Waals surface area contributed by atoms with Gasteiger partial charge in [0.1, 0.15) is 17.2 Å². The quantitative estimate of drug-likeness (QED) is 0.539. The second-order valence-corrected chi connectivity index (χ2v) is 5.76. The number of ether oxygens (including phenoxy) is 2. The number of carboxylic acid groups (broad SMARTS) is 1. The van der Waals surface area contributed by atoms with E-state index in [9.17, 15) is 14.7 Å². The summed E-state index contributed by atoms with van der Waals surface area (Å²) in [4.78, 5) is 24.9. The number of rotatable bonds is 5. The lowest BCUT2D eigenvalue weighted by Crippen LogP contribution is -2.05. The van der Waals surface area contributed by atoms with Crippen molar-refractivity contribution in [2.24, 2.45) is 0 Å². The summed E-state index contributed by atoms with van der Waals surface area (Å²) in [5, 5.41) is 9.60. The molecule has 0 amide bonds. The molecule has 0 saturated heterocycles. The molecule has 0 radical (unpaired) electrons. The summed E-state index contributed by atoms with van der Waals surface area (Å²) in [6.07, 6.45) is 1.55. The summed E-state index contributed by atoms with van der Waals surface area (Å²) in [5.41, 5.74) is 7.78. The summed E-state index contributed by atoms with van der Waals surface area (Å²) in [6.45, 7) is 1.62. The van der Waals surface area contributed by atoms with E-state index in [0.717, 1.165) is 0 Å². The van der Waals surface area contributed by atoms with E-state index >= 15 is 0 Å². The van der Waals surface area contributed by atoms with Gasteiger partial charge >= 0.3 is 5.97 Å². The van der Waals surface area contributed by atoms with Gasteiger partial charge in [0.05, 0.1) is 37.2 Å². The second-order valence-electron chi connectivity index (χ2n) is 5.76. The van der Waals surface area contributed by atoms with E-state index in [1.165, 1.54) is 18.6 Å². The molecule has 134 valence electrons. The van der Waals surface area contributed by atoms with Crippen LogP contribution in [0.3, 0.4) is 0 Å². The maximum atomic E-state index is 13.1. The number of aromatic carboxylic acids is 1. The number of methoxy groups -OCH3 is 2. The predicted octanol–water partition coefficient (Wildman–Crippen LogP) is 2.78. The van der Waals surface area contributed by atoms with Crippen LogP contribution in [0.2, 0.25) is 0 Å². The van der Waals surface area contributed by atoms with E-state index in [1.54, 1.807) is 43.5 Å². The third-order valence-corrected chi connectivity index (χ3v) is 4.31. The maximum Gasteiger partial charge on any atom is 0.353 e. The van der Waals surface area contributed by atoms with E-state index in [-0.39, 0.29) is 11.5 Å². The number of benzene rings is 1. The van der Waals surface area contributed by atoms with Crippen LogP contribution in [0.4, 0.5) is 5.69 Å². The summed E-state index contributed by atoms with van der Waals surface area (Å²) < 4.78 is 11.8. The number of carbonyl (C=O) groups is 2. The Morgan fingerprint density at radius 1 is 1.12 bits per heavy atom. The highest BCUT2D eigenvalue weighted by Gasteiger charge is 2.25. The Bertz CT molecular complexity index is 1040. The molecule has 0 bridgehead atoms. The number of hydrogen-bond acceptors (Lipinski definition) is 5. The molecule has 0 fully saturated rings. The van der Waals surface area contributed by atoms with Crippen LogP contribution in [0.1, 0.15) is 32.0 Å². The molecule has 3 N–H and O–H groups in total. The summed E-state index contributed by atoms with van der Waals surface area (Å²) in [6, 6.07) is 8.07. The van der Waals surface area contributed by atoms with E-state index < -0.39 is 5.97 Å². The van der Waals surface area contributed by atoms with Crippen LogP contribution in [-0.2, 0) is 0 Å². The Balaban J connectivity index is 2.26. The van der Waals surface area contributed by atoms with Gasteiger partial charge in [-0.25, -0.2) is 4.79 Å². The topological polar surface area (TPSA) is 103 Å². The molecule has 0 saturated carbocycles. The number of carboxylic acids is 1. The summed E-state index contributed by atoms with van der Waals surface area (Å²) >= 11 is 0. The van der Waals surface area contributed by atoms with Crippen LogP contribution >= 0.6 is 0 Å². The number of pyridine rings is 1. The maximum absolute atomic E-state index is 13.1. The van der Waals surface area contributed by atoms with Crippen LogP contribution in [0.5, 0.6) is 11.5 Å². The molecule has 0 spiro atoms. The van der Waals surface area contributed by atoms with Gasteiger partial charge in [0.15, 0.2) is 5.78 Å². The van der Waals surface area contributed by atoms with E-state index in [1.807, 2.05) is 0 Å². The lowest BCUT2D eigenvalue weighted by Gasteiger charge is -2.07. The minimum absolute atomic E-state index is 0.0182. The summed E-state index contributed by atoms with van der Waals surface area (Å²) in [7, 11) is 2.96. The second kappa shape index (κ2) is 6.44. The van der Waals surface area contributed by atoms with Gasteiger partial charge in [0, 0.05) is 5.56 Å². The number of carbonyl (C=O) groups excluding carboxylic acids is 1. The van der Waals surface area contributed by atoms with E-state index in [0.29, 0.717) is 39.4 Å². The van der Waals surface area contributed by atoms with Crippen molar-refractivity contribution in [1.82, 2.24) is 4.40 Å². The molecular weight excluding hydrogens is 336 g/mol. The van der Waals surface area contributed by atoms with E-state index in [2.05, 4.69) is 0 Å². The highest BCUT2D eigenvalue weighted by atomic mass is 16.5. The molecule has 7 heteroatoms. The standard InChI is InChI=1S/C19H18N2O5/c1-10-16(18(22)11-4-6-13(20)15(8-11)26-3)14-7-5-12(25-2)9-21(14)17(10)19(23)24/h4-9H,20H2,1-3H3,(H,23,24). The average Bonchev–Trinajstić information content (AvgIpc) is 2.92. The minimum atomic E-state index is -1.13. The van der Waals surface area contributed by atoms with E-state index in [4.69, 9.17) is 15.2 Å². The monoisotopic (exact) mass is 354 g/mol. The molecule has 2 heterocycles. The van der Waals surface area contributed by atoms with Crippen LogP contribution < -0.4 is 15.2 Å². The SMILES string of the molecule is COc1ccc2c(C(=O)c3ccc(N)c(OC)c3)c(C)c(C(=O)O)n2c1. The number of hydrogen-bond donors (Lipinski definition) is 2. The fraction of sp³-hybridized carbons (Fsp3) is 0.158. The van der Waals surface area contributed by atoms with Crippen molar-refractivity contribution in [1.29, 1.82) is 0 Å². The van der Waals surface area contributed by atoms with Crippen molar-refractivity contribution in [2.75, 3.05) is 20.0 Å². The van der Waals surface area contributed by atoms with Crippen LogP contribution in [0.25, 0.3) is 5.52 Å². The highest BCUT2D eigenvalue weighted by molar-refractivity contribution is 6.16. The number of ketones is 1. The van der Waals surface area contributed by atoms with Gasteiger partial charge in [0.25, 0.3) is 0 Å². The number of aromatic nitrogens is 1. The van der Waals surface area contributed by atoms with Gasteiger partial charge in [-0.2, -0.15) is 0 Å². The molecule has 0 atom stereocenters. The molecule has 1 aromatic carbocycles. The third kappa shape index (κ3) is 2.63. The van der Waals surface area contributed by atoms with Gasteiger partial charge in [-0.15, -0.1) is 0 Å². The Morgan fingerprint density at radius 3 is 2.46 bits per heavy atom. The fourth-order valence-electron chi connectivity index (χ4n) is 3.03. The number of fused-ring (bicyclic) bond motifs is 1. The lowest BCUT2D eigenvalue weighted by atomic mass is 9.99. The molecule has 26 heavy (non-hydrogen) atoms. The smallest absolute Gasteiger partial charge is 0.353 e. The molecule has 0 unspecified atom stereocenters. The zero-order valence-corrected chi connectivity index (χ0v) is 14.6. The van der Waals surface area contributed by atoms with Crippen LogP contribution in [-0.4, -0.2) is 35.5 Å². The van der Waals surface area contributed by atoms with Crippen molar-refractivity contribution in [2.45, 2.75) is 6.92 Å². The number of nitrogen functional groups attached to an aromatic ring is 1. The Hall–Kier alpha value is -3.48.